The summed E-state index contributed by atoms with van der Waals surface area (Å²) >= 11 is 12.9. The number of hydrogen-bond donors (Lipinski definition) is 1. The van der Waals surface area contributed by atoms with E-state index >= 15 is 0 Å². The first-order valence-corrected chi connectivity index (χ1v) is 13.7. The van der Waals surface area contributed by atoms with Crippen molar-refractivity contribution < 1.29 is 22.4 Å². The molecule has 1 amide bonds. The van der Waals surface area contributed by atoms with Crippen molar-refractivity contribution in [3.05, 3.63) is 112 Å². The lowest BCUT2D eigenvalue weighted by Crippen LogP contribution is -2.46. The number of carbonyl (C=O) groups is 1. The smallest absolute Gasteiger partial charge is 0.416 e. The predicted octanol–water partition coefficient (Wildman–Crippen LogP) is 8.25. The highest BCUT2D eigenvalue weighted by Crippen LogP contribution is 2.33. The van der Waals surface area contributed by atoms with Crippen molar-refractivity contribution in [3.63, 3.8) is 0 Å². The van der Waals surface area contributed by atoms with E-state index in [-0.39, 0.29) is 5.76 Å². The summed E-state index contributed by atoms with van der Waals surface area (Å²) in [5.74, 6) is 0.192. The fourth-order valence-electron chi connectivity index (χ4n) is 4.64. The Morgan fingerprint density at radius 3 is 2.41 bits per heavy atom. The SMILES string of the molecule is O=C(/C=C/c1ccc(-c2cccc(C(F)(F)F)c2)o1)Nc1ccc(N2CCN(Cc3ccccc3Cl)CC2)c(Cl)c1. The second-order valence-electron chi connectivity index (χ2n) is 9.62. The molecule has 1 aliphatic rings. The van der Waals surface area contributed by atoms with E-state index in [1.54, 1.807) is 24.3 Å². The lowest BCUT2D eigenvalue weighted by atomic mass is 10.1. The maximum atomic E-state index is 13.0. The maximum absolute atomic E-state index is 13.0. The minimum Gasteiger partial charge on any atom is -0.457 e. The van der Waals surface area contributed by atoms with Gasteiger partial charge in [0.05, 0.1) is 16.3 Å². The van der Waals surface area contributed by atoms with Crippen LogP contribution in [0.4, 0.5) is 24.5 Å². The van der Waals surface area contributed by atoms with Crippen molar-refractivity contribution in [2.24, 2.45) is 0 Å². The van der Waals surface area contributed by atoms with Crippen LogP contribution in [0.25, 0.3) is 17.4 Å². The van der Waals surface area contributed by atoms with Crippen molar-refractivity contribution >= 4 is 46.6 Å². The van der Waals surface area contributed by atoms with Crippen molar-refractivity contribution in [1.29, 1.82) is 0 Å². The van der Waals surface area contributed by atoms with Crippen LogP contribution in [0.3, 0.4) is 0 Å². The molecule has 1 fully saturated rings. The fourth-order valence-corrected chi connectivity index (χ4v) is 5.14. The van der Waals surface area contributed by atoms with Crippen LogP contribution < -0.4 is 10.2 Å². The predicted molar refractivity (Wildman–Crippen MR) is 157 cm³/mol. The summed E-state index contributed by atoms with van der Waals surface area (Å²) in [6, 6.07) is 21.3. The molecule has 212 valence electrons. The number of amides is 1. The Morgan fingerprint density at radius 2 is 1.68 bits per heavy atom. The van der Waals surface area contributed by atoms with Crippen LogP contribution >= 0.6 is 23.2 Å². The Labute approximate surface area is 245 Å². The highest BCUT2D eigenvalue weighted by atomic mass is 35.5. The van der Waals surface area contributed by atoms with Crippen LogP contribution in [0.15, 0.2) is 89.4 Å². The minimum absolute atomic E-state index is 0.267. The molecule has 0 saturated carbocycles. The molecular formula is C31H26Cl2F3N3O2. The molecule has 0 spiro atoms. The number of piperazine rings is 1. The molecule has 0 bridgehead atoms. The molecule has 3 aromatic carbocycles. The number of nitrogens with zero attached hydrogens (tertiary/aromatic N) is 2. The van der Waals surface area contributed by atoms with E-state index in [1.807, 2.05) is 30.3 Å². The molecule has 1 aromatic heterocycles. The zero-order valence-corrected chi connectivity index (χ0v) is 23.3. The van der Waals surface area contributed by atoms with Gasteiger partial charge in [0.2, 0.25) is 5.91 Å². The Kier molecular flexibility index (Phi) is 8.73. The Morgan fingerprint density at radius 1 is 0.902 bits per heavy atom. The summed E-state index contributed by atoms with van der Waals surface area (Å²) in [6.45, 7) is 4.15. The number of benzene rings is 3. The van der Waals surface area contributed by atoms with E-state index in [4.69, 9.17) is 27.6 Å². The van der Waals surface area contributed by atoms with E-state index in [2.05, 4.69) is 15.1 Å². The fraction of sp³-hybridized carbons (Fsp3) is 0.194. The Bertz CT molecular complexity index is 1560. The molecule has 5 nitrogen and oxygen atoms in total. The van der Waals surface area contributed by atoms with Crippen LogP contribution in [-0.4, -0.2) is 37.0 Å². The van der Waals surface area contributed by atoms with E-state index in [9.17, 15) is 18.0 Å². The lowest BCUT2D eigenvalue weighted by molar-refractivity contribution is -0.137. The van der Waals surface area contributed by atoms with Gasteiger partial charge in [-0.2, -0.15) is 13.2 Å². The van der Waals surface area contributed by atoms with Gasteiger partial charge in [0, 0.05) is 55.1 Å². The molecule has 41 heavy (non-hydrogen) atoms. The molecule has 1 aliphatic heterocycles. The zero-order valence-electron chi connectivity index (χ0n) is 21.8. The Hall–Kier alpha value is -3.72. The molecule has 1 saturated heterocycles. The van der Waals surface area contributed by atoms with Crippen molar-refractivity contribution in [2.75, 3.05) is 36.4 Å². The molecule has 1 N–H and O–H groups in total. The monoisotopic (exact) mass is 599 g/mol. The van der Waals surface area contributed by atoms with Gasteiger partial charge in [0.15, 0.2) is 0 Å². The average Bonchev–Trinajstić information content (AvgIpc) is 3.43. The molecule has 0 unspecified atom stereocenters. The first kappa shape index (κ1) is 28.8. The van der Waals surface area contributed by atoms with Crippen LogP contribution in [0, 0.1) is 0 Å². The van der Waals surface area contributed by atoms with Crippen LogP contribution in [0.1, 0.15) is 16.9 Å². The maximum Gasteiger partial charge on any atom is 0.416 e. The van der Waals surface area contributed by atoms with Crippen molar-refractivity contribution in [3.8, 4) is 11.3 Å². The molecule has 0 radical (unpaired) electrons. The van der Waals surface area contributed by atoms with Gasteiger partial charge < -0.3 is 14.6 Å². The molecule has 2 heterocycles. The van der Waals surface area contributed by atoms with Crippen LogP contribution in [0.2, 0.25) is 10.0 Å². The highest BCUT2D eigenvalue weighted by Gasteiger charge is 2.30. The largest absolute Gasteiger partial charge is 0.457 e. The first-order valence-electron chi connectivity index (χ1n) is 12.9. The summed E-state index contributed by atoms with van der Waals surface area (Å²) in [5, 5.41) is 4.07. The number of anilines is 2. The second kappa shape index (κ2) is 12.4. The summed E-state index contributed by atoms with van der Waals surface area (Å²) in [6.07, 6.45) is -1.71. The second-order valence-corrected chi connectivity index (χ2v) is 10.4. The van der Waals surface area contributed by atoms with Gasteiger partial charge in [-0.15, -0.1) is 0 Å². The number of alkyl halides is 3. The summed E-state index contributed by atoms with van der Waals surface area (Å²) in [5.41, 5.74) is 2.08. The minimum atomic E-state index is -4.45. The average molecular weight is 600 g/mol. The van der Waals surface area contributed by atoms with Gasteiger partial charge in [-0.05, 0) is 60.2 Å². The quantitative estimate of drug-likeness (QED) is 0.217. The zero-order chi connectivity index (χ0) is 29.0. The van der Waals surface area contributed by atoms with Gasteiger partial charge >= 0.3 is 6.18 Å². The highest BCUT2D eigenvalue weighted by molar-refractivity contribution is 6.33. The van der Waals surface area contributed by atoms with Crippen LogP contribution in [-0.2, 0) is 17.5 Å². The van der Waals surface area contributed by atoms with E-state index in [1.165, 1.54) is 24.3 Å². The third kappa shape index (κ3) is 7.33. The van der Waals surface area contributed by atoms with E-state index in [0.29, 0.717) is 22.0 Å². The summed E-state index contributed by atoms with van der Waals surface area (Å²) < 4.78 is 44.6. The molecule has 5 rings (SSSR count). The van der Waals surface area contributed by atoms with Gasteiger partial charge in [0.1, 0.15) is 11.5 Å². The van der Waals surface area contributed by atoms with Gasteiger partial charge in [0.25, 0.3) is 0 Å². The number of nitrogens with one attached hydrogen (secondary N) is 1. The Balaban J connectivity index is 1.15. The normalized spacial score (nSPS) is 14.5. The van der Waals surface area contributed by atoms with Gasteiger partial charge in [-0.1, -0.05) is 53.5 Å². The molecule has 0 atom stereocenters. The van der Waals surface area contributed by atoms with E-state index < -0.39 is 17.6 Å². The molecule has 0 aliphatic carbocycles. The summed E-state index contributed by atoms with van der Waals surface area (Å²) in [4.78, 5) is 17.1. The lowest BCUT2D eigenvalue weighted by Gasteiger charge is -2.36. The number of carbonyl (C=O) groups excluding carboxylic acids is 1. The number of halogens is 5. The third-order valence-electron chi connectivity index (χ3n) is 6.78. The third-order valence-corrected chi connectivity index (χ3v) is 7.45. The molecular weight excluding hydrogens is 574 g/mol. The number of hydrogen-bond acceptors (Lipinski definition) is 4. The molecule has 10 heteroatoms. The standard InChI is InChI=1S/C31H26Cl2F3N3O2/c32-26-7-2-1-4-22(26)20-38-14-16-39(17-15-38)28-11-8-24(19-27(28)33)37-30(40)13-10-25-9-12-29(41-25)21-5-3-6-23(18-21)31(34,35)36/h1-13,18-19H,14-17,20H2,(H,37,40)/b13-10+. The van der Waals surface area contributed by atoms with Gasteiger partial charge in [-0.3, -0.25) is 9.69 Å². The van der Waals surface area contributed by atoms with Crippen LogP contribution in [0.5, 0.6) is 0 Å². The number of rotatable bonds is 7. The first-order chi connectivity index (χ1) is 19.7. The van der Waals surface area contributed by atoms with Gasteiger partial charge in [-0.25, -0.2) is 0 Å². The van der Waals surface area contributed by atoms with Crippen molar-refractivity contribution in [1.82, 2.24) is 4.90 Å². The molecule has 4 aromatic rings. The van der Waals surface area contributed by atoms with E-state index in [0.717, 1.165) is 61.1 Å². The number of furan rings is 1. The topological polar surface area (TPSA) is 48.7 Å². The summed E-state index contributed by atoms with van der Waals surface area (Å²) in [7, 11) is 0. The van der Waals surface area contributed by atoms with Crippen molar-refractivity contribution in [2.45, 2.75) is 12.7 Å².